The van der Waals surface area contributed by atoms with Crippen LogP contribution in [0.2, 0.25) is 10.0 Å². The molecule has 0 aliphatic heterocycles. The fourth-order valence-electron chi connectivity index (χ4n) is 1.92. The molecule has 0 fully saturated rings. The first kappa shape index (κ1) is 20.5. The Kier molecular flexibility index (Phi) is 8.89. The molecule has 24 heavy (non-hydrogen) atoms. The third-order valence-electron chi connectivity index (χ3n) is 3.15. The lowest BCUT2D eigenvalue weighted by Crippen LogP contribution is -2.43. The van der Waals surface area contributed by atoms with Gasteiger partial charge in [-0.1, -0.05) is 23.2 Å². The van der Waals surface area contributed by atoms with E-state index in [-0.39, 0.29) is 18.4 Å². The minimum absolute atomic E-state index is 0.0478. The Morgan fingerprint density at radius 2 is 2.04 bits per heavy atom. The van der Waals surface area contributed by atoms with E-state index in [1.807, 2.05) is 0 Å². The molecule has 0 aliphatic carbocycles. The number of likely N-dealkylation sites (N-methyl/N-ethyl adjacent to an activating group) is 1. The van der Waals surface area contributed by atoms with Crippen LogP contribution in [-0.2, 0) is 14.3 Å². The van der Waals surface area contributed by atoms with Crippen LogP contribution in [0.1, 0.15) is 13.3 Å². The Morgan fingerprint density at radius 1 is 1.33 bits per heavy atom. The highest BCUT2D eigenvalue weighted by molar-refractivity contribution is 6.35. The number of hydrogen-bond acceptors (Lipinski definition) is 4. The van der Waals surface area contributed by atoms with Crippen molar-refractivity contribution in [3.05, 3.63) is 28.2 Å². The van der Waals surface area contributed by atoms with Crippen LogP contribution >= 0.6 is 23.2 Å². The van der Waals surface area contributed by atoms with E-state index in [1.54, 1.807) is 33.2 Å². The highest BCUT2D eigenvalue weighted by atomic mass is 35.5. The molecule has 0 bridgehead atoms. The summed E-state index contributed by atoms with van der Waals surface area (Å²) in [6, 6.07) is 4.75. The first-order chi connectivity index (χ1) is 11.3. The molecule has 8 heteroatoms. The van der Waals surface area contributed by atoms with Crippen LogP contribution in [-0.4, -0.2) is 56.7 Å². The summed E-state index contributed by atoms with van der Waals surface area (Å²) < 4.78 is 10.4. The molecule has 0 saturated heterocycles. The van der Waals surface area contributed by atoms with Gasteiger partial charge in [-0.3, -0.25) is 9.59 Å². The standard InChI is InChI=1S/C16H22Cl2N2O4/c1-11(24-14-6-5-12(17)9-13(14)18)16(22)20(2)10-15(21)19-7-4-8-23-3/h5-6,9,11H,4,7-8,10H2,1-3H3,(H,19,21). The maximum absolute atomic E-state index is 12.3. The van der Waals surface area contributed by atoms with E-state index >= 15 is 0 Å². The lowest BCUT2D eigenvalue weighted by atomic mass is 10.3. The topological polar surface area (TPSA) is 67.9 Å². The molecule has 2 amide bonds. The molecule has 1 unspecified atom stereocenters. The number of halogens is 2. The van der Waals surface area contributed by atoms with Crippen molar-refractivity contribution in [3.8, 4) is 5.75 Å². The van der Waals surface area contributed by atoms with Crippen molar-refractivity contribution in [1.29, 1.82) is 0 Å². The molecule has 1 aromatic rings. The number of methoxy groups -OCH3 is 1. The SMILES string of the molecule is COCCCNC(=O)CN(C)C(=O)C(C)Oc1ccc(Cl)cc1Cl. The summed E-state index contributed by atoms with van der Waals surface area (Å²) in [6.45, 7) is 2.62. The Morgan fingerprint density at radius 3 is 2.67 bits per heavy atom. The number of ether oxygens (including phenoxy) is 2. The maximum Gasteiger partial charge on any atom is 0.263 e. The van der Waals surface area contributed by atoms with E-state index in [0.29, 0.717) is 35.4 Å². The first-order valence-corrected chi connectivity index (χ1v) is 8.23. The number of benzene rings is 1. The smallest absolute Gasteiger partial charge is 0.263 e. The van der Waals surface area contributed by atoms with Gasteiger partial charge in [-0.2, -0.15) is 0 Å². The van der Waals surface area contributed by atoms with Gasteiger partial charge in [0.05, 0.1) is 11.6 Å². The molecular weight excluding hydrogens is 355 g/mol. The highest BCUT2D eigenvalue weighted by Gasteiger charge is 2.21. The van der Waals surface area contributed by atoms with Crippen LogP contribution in [0, 0.1) is 0 Å². The number of carbonyl (C=O) groups is 2. The van der Waals surface area contributed by atoms with Crippen molar-refractivity contribution in [2.75, 3.05) is 33.9 Å². The molecule has 0 spiro atoms. The molecule has 1 atom stereocenters. The van der Waals surface area contributed by atoms with Gasteiger partial charge in [-0.05, 0) is 31.5 Å². The Bertz CT molecular complexity index is 569. The van der Waals surface area contributed by atoms with Crippen molar-refractivity contribution in [1.82, 2.24) is 10.2 Å². The van der Waals surface area contributed by atoms with Crippen LogP contribution in [0.5, 0.6) is 5.75 Å². The molecule has 0 radical (unpaired) electrons. The number of amides is 2. The molecule has 0 heterocycles. The molecule has 1 aromatic carbocycles. The summed E-state index contributed by atoms with van der Waals surface area (Å²) in [5.41, 5.74) is 0. The summed E-state index contributed by atoms with van der Waals surface area (Å²) in [5, 5.41) is 3.52. The summed E-state index contributed by atoms with van der Waals surface area (Å²) >= 11 is 11.8. The van der Waals surface area contributed by atoms with E-state index in [2.05, 4.69) is 5.32 Å². The van der Waals surface area contributed by atoms with Crippen LogP contribution in [0.3, 0.4) is 0 Å². The molecule has 0 aliphatic rings. The van der Waals surface area contributed by atoms with Gasteiger partial charge < -0.3 is 19.7 Å². The third-order valence-corrected chi connectivity index (χ3v) is 3.68. The minimum Gasteiger partial charge on any atom is -0.479 e. The fraction of sp³-hybridized carbons (Fsp3) is 0.500. The number of carbonyl (C=O) groups excluding carboxylic acids is 2. The number of nitrogens with zero attached hydrogens (tertiary/aromatic N) is 1. The zero-order valence-corrected chi connectivity index (χ0v) is 15.5. The van der Waals surface area contributed by atoms with Gasteiger partial charge in [0, 0.05) is 32.3 Å². The summed E-state index contributed by atoms with van der Waals surface area (Å²) in [6.07, 6.45) is -0.0657. The lowest BCUT2D eigenvalue weighted by Gasteiger charge is -2.22. The van der Waals surface area contributed by atoms with Gasteiger partial charge in [0.15, 0.2) is 6.10 Å². The van der Waals surface area contributed by atoms with Crippen molar-refractivity contribution in [2.24, 2.45) is 0 Å². The molecule has 134 valence electrons. The predicted molar refractivity (Wildman–Crippen MR) is 93.7 cm³/mol. The second kappa shape index (κ2) is 10.4. The van der Waals surface area contributed by atoms with Gasteiger partial charge >= 0.3 is 0 Å². The average molecular weight is 377 g/mol. The van der Waals surface area contributed by atoms with E-state index in [0.717, 1.165) is 0 Å². The number of nitrogens with one attached hydrogen (secondary N) is 1. The Hall–Kier alpha value is -1.50. The summed E-state index contributed by atoms with van der Waals surface area (Å²) in [5.74, 6) is -0.203. The van der Waals surface area contributed by atoms with Gasteiger partial charge in [0.2, 0.25) is 5.91 Å². The van der Waals surface area contributed by atoms with Crippen molar-refractivity contribution < 1.29 is 19.1 Å². The quantitative estimate of drug-likeness (QED) is 0.671. The average Bonchev–Trinajstić information content (AvgIpc) is 2.53. The van der Waals surface area contributed by atoms with Crippen LogP contribution in [0.25, 0.3) is 0 Å². The van der Waals surface area contributed by atoms with Crippen molar-refractivity contribution in [2.45, 2.75) is 19.4 Å². The van der Waals surface area contributed by atoms with Gasteiger partial charge in [0.1, 0.15) is 5.75 Å². The molecule has 1 rings (SSSR count). The minimum atomic E-state index is -0.782. The third kappa shape index (κ3) is 6.95. The number of rotatable bonds is 9. The largest absolute Gasteiger partial charge is 0.479 e. The molecule has 0 aromatic heterocycles. The van der Waals surface area contributed by atoms with E-state index in [9.17, 15) is 9.59 Å². The van der Waals surface area contributed by atoms with E-state index < -0.39 is 6.10 Å². The predicted octanol–water partition coefficient (Wildman–Crippen LogP) is 2.37. The summed E-state index contributed by atoms with van der Waals surface area (Å²) in [7, 11) is 3.14. The van der Waals surface area contributed by atoms with Gasteiger partial charge in [-0.15, -0.1) is 0 Å². The van der Waals surface area contributed by atoms with Crippen molar-refractivity contribution >= 4 is 35.0 Å². The normalized spacial score (nSPS) is 11.7. The molecule has 1 N–H and O–H groups in total. The first-order valence-electron chi connectivity index (χ1n) is 7.47. The monoisotopic (exact) mass is 376 g/mol. The van der Waals surface area contributed by atoms with Gasteiger partial charge in [-0.25, -0.2) is 0 Å². The lowest BCUT2D eigenvalue weighted by molar-refractivity contribution is -0.139. The van der Waals surface area contributed by atoms with Crippen LogP contribution < -0.4 is 10.1 Å². The highest BCUT2D eigenvalue weighted by Crippen LogP contribution is 2.28. The zero-order chi connectivity index (χ0) is 18.1. The van der Waals surface area contributed by atoms with E-state index in [1.165, 1.54) is 11.0 Å². The summed E-state index contributed by atoms with van der Waals surface area (Å²) in [4.78, 5) is 25.3. The molecule has 0 saturated carbocycles. The fourth-order valence-corrected chi connectivity index (χ4v) is 2.37. The molecular formula is C16H22Cl2N2O4. The maximum atomic E-state index is 12.3. The van der Waals surface area contributed by atoms with Crippen LogP contribution in [0.15, 0.2) is 18.2 Å². The molecule has 6 nitrogen and oxygen atoms in total. The van der Waals surface area contributed by atoms with Crippen molar-refractivity contribution in [3.63, 3.8) is 0 Å². The number of hydrogen-bond donors (Lipinski definition) is 1. The second-order valence-corrected chi connectivity index (χ2v) is 6.07. The Balaban J connectivity index is 2.47. The second-order valence-electron chi connectivity index (χ2n) is 5.23. The zero-order valence-electron chi connectivity index (χ0n) is 14.0. The van der Waals surface area contributed by atoms with Gasteiger partial charge in [0.25, 0.3) is 5.91 Å². The van der Waals surface area contributed by atoms with E-state index in [4.69, 9.17) is 32.7 Å². The Labute approximate surface area is 152 Å². The van der Waals surface area contributed by atoms with Crippen LogP contribution in [0.4, 0.5) is 0 Å².